The van der Waals surface area contributed by atoms with E-state index in [1.165, 1.54) is 4.88 Å². The first-order chi connectivity index (χ1) is 9.75. The van der Waals surface area contributed by atoms with Gasteiger partial charge in [-0.05, 0) is 17.0 Å². The Balaban J connectivity index is 1.64. The number of hydrogen-bond donors (Lipinski definition) is 1. The van der Waals surface area contributed by atoms with Crippen molar-refractivity contribution in [2.24, 2.45) is 5.92 Å². The molecule has 0 aliphatic carbocycles. The van der Waals surface area contributed by atoms with Crippen LogP contribution in [0.4, 0.5) is 0 Å². The Bertz CT molecular complexity index is 579. The summed E-state index contributed by atoms with van der Waals surface area (Å²) in [5, 5.41) is 8.52. The van der Waals surface area contributed by atoms with Crippen molar-refractivity contribution in [1.82, 2.24) is 10.5 Å². The highest BCUT2D eigenvalue weighted by Crippen LogP contribution is 2.35. The number of aromatic nitrogens is 1. The van der Waals surface area contributed by atoms with E-state index in [1.54, 1.807) is 23.6 Å². The van der Waals surface area contributed by atoms with Crippen molar-refractivity contribution in [3.63, 3.8) is 0 Å². The summed E-state index contributed by atoms with van der Waals surface area (Å²) < 4.78 is 10.8. The zero-order valence-electron chi connectivity index (χ0n) is 11.2. The number of carbonyl (C=O) groups is 1. The zero-order valence-corrected chi connectivity index (χ0v) is 12.0. The van der Waals surface area contributed by atoms with Crippen LogP contribution in [0.3, 0.4) is 0 Å². The van der Waals surface area contributed by atoms with E-state index >= 15 is 0 Å². The minimum Gasteiger partial charge on any atom is -0.372 e. The predicted molar refractivity (Wildman–Crippen MR) is 74.2 cm³/mol. The van der Waals surface area contributed by atoms with Crippen LogP contribution in [0.25, 0.3) is 0 Å². The fourth-order valence-electron chi connectivity index (χ4n) is 2.40. The van der Waals surface area contributed by atoms with Gasteiger partial charge in [0.2, 0.25) is 5.91 Å². The van der Waals surface area contributed by atoms with Crippen LogP contribution in [-0.2, 0) is 22.5 Å². The molecule has 2 aromatic heterocycles. The van der Waals surface area contributed by atoms with Crippen LogP contribution < -0.4 is 5.32 Å². The van der Waals surface area contributed by atoms with Gasteiger partial charge in [-0.3, -0.25) is 4.79 Å². The fourth-order valence-corrected chi connectivity index (χ4v) is 3.30. The quantitative estimate of drug-likeness (QED) is 0.939. The van der Waals surface area contributed by atoms with Crippen LogP contribution in [0.5, 0.6) is 0 Å². The molecule has 2 atom stereocenters. The van der Waals surface area contributed by atoms with Crippen molar-refractivity contribution in [1.29, 1.82) is 0 Å². The monoisotopic (exact) mass is 292 g/mol. The lowest BCUT2D eigenvalue weighted by molar-refractivity contribution is -0.130. The highest BCUT2D eigenvalue weighted by Gasteiger charge is 2.31. The molecule has 0 saturated heterocycles. The maximum Gasteiger partial charge on any atom is 0.226 e. The standard InChI is InChI=1S/C14H16N2O3S/c1-9(14(17)15-8-10-2-5-16-19-10)13-11-4-7-20-12(11)3-6-18-13/h2,4-5,7,9,13H,3,6,8H2,1H3,(H,15,17). The molecule has 0 saturated carbocycles. The molecule has 0 bridgehead atoms. The van der Waals surface area contributed by atoms with Gasteiger partial charge in [-0.25, -0.2) is 0 Å². The van der Waals surface area contributed by atoms with Crippen molar-refractivity contribution in [3.05, 3.63) is 39.9 Å². The Morgan fingerprint density at radius 2 is 2.50 bits per heavy atom. The highest BCUT2D eigenvalue weighted by molar-refractivity contribution is 7.10. The molecule has 0 aromatic carbocycles. The molecule has 1 aliphatic rings. The van der Waals surface area contributed by atoms with Crippen LogP contribution in [0.2, 0.25) is 0 Å². The molecule has 1 N–H and O–H groups in total. The van der Waals surface area contributed by atoms with Crippen LogP contribution in [0, 0.1) is 5.92 Å². The average molecular weight is 292 g/mol. The highest BCUT2D eigenvalue weighted by atomic mass is 32.1. The lowest BCUT2D eigenvalue weighted by Gasteiger charge is -2.27. The molecule has 3 heterocycles. The average Bonchev–Trinajstić information content (AvgIpc) is 3.14. The third-order valence-electron chi connectivity index (χ3n) is 3.51. The van der Waals surface area contributed by atoms with E-state index in [0.717, 1.165) is 12.0 Å². The van der Waals surface area contributed by atoms with Crippen LogP contribution in [0.15, 0.2) is 28.2 Å². The second kappa shape index (κ2) is 5.76. The van der Waals surface area contributed by atoms with Gasteiger partial charge >= 0.3 is 0 Å². The SMILES string of the molecule is CC(C(=O)NCc1ccno1)C1OCCc2sccc21. The number of thiophene rings is 1. The second-order valence-corrected chi connectivity index (χ2v) is 5.83. The van der Waals surface area contributed by atoms with E-state index < -0.39 is 0 Å². The smallest absolute Gasteiger partial charge is 0.226 e. The Morgan fingerprint density at radius 1 is 1.60 bits per heavy atom. The molecular formula is C14H16N2O3S. The van der Waals surface area contributed by atoms with E-state index in [-0.39, 0.29) is 17.9 Å². The Hall–Kier alpha value is -1.66. The van der Waals surface area contributed by atoms with Crippen molar-refractivity contribution < 1.29 is 14.1 Å². The van der Waals surface area contributed by atoms with Crippen LogP contribution in [-0.4, -0.2) is 17.7 Å². The lowest BCUT2D eigenvalue weighted by Crippen LogP contribution is -2.34. The summed E-state index contributed by atoms with van der Waals surface area (Å²) in [6.45, 7) is 2.93. The summed E-state index contributed by atoms with van der Waals surface area (Å²) in [5.41, 5.74) is 1.16. The molecule has 0 radical (unpaired) electrons. The molecule has 0 spiro atoms. The summed E-state index contributed by atoms with van der Waals surface area (Å²) in [4.78, 5) is 13.5. The van der Waals surface area contributed by atoms with Gasteiger partial charge in [0.25, 0.3) is 0 Å². The largest absolute Gasteiger partial charge is 0.372 e. The molecule has 5 nitrogen and oxygen atoms in total. The molecule has 2 aromatic rings. The van der Waals surface area contributed by atoms with Crippen molar-refractivity contribution in [3.8, 4) is 0 Å². The van der Waals surface area contributed by atoms with Crippen LogP contribution in [0.1, 0.15) is 29.2 Å². The number of fused-ring (bicyclic) bond motifs is 1. The topological polar surface area (TPSA) is 64.4 Å². The summed E-state index contributed by atoms with van der Waals surface area (Å²) in [7, 11) is 0. The maximum absolute atomic E-state index is 12.2. The van der Waals surface area contributed by atoms with Gasteiger partial charge in [-0.2, -0.15) is 0 Å². The van der Waals surface area contributed by atoms with Gasteiger partial charge in [-0.1, -0.05) is 12.1 Å². The fraction of sp³-hybridized carbons (Fsp3) is 0.429. The van der Waals surface area contributed by atoms with E-state index in [0.29, 0.717) is 18.9 Å². The molecule has 0 fully saturated rings. The van der Waals surface area contributed by atoms with Gasteiger partial charge in [0.1, 0.15) is 0 Å². The van der Waals surface area contributed by atoms with E-state index in [1.807, 2.05) is 6.92 Å². The van der Waals surface area contributed by atoms with Crippen molar-refractivity contribution >= 4 is 17.2 Å². The molecule has 2 unspecified atom stereocenters. The third kappa shape index (κ3) is 2.62. The number of nitrogens with zero attached hydrogens (tertiary/aromatic N) is 1. The maximum atomic E-state index is 12.2. The molecule has 1 aliphatic heterocycles. The predicted octanol–water partition coefficient (Wildman–Crippen LogP) is 2.30. The number of nitrogens with one attached hydrogen (secondary N) is 1. The Labute approximate surface area is 120 Å². The number of rotatable bonds is 4. The molecule has 1 amide bonds. The van der Waals surface area contributed by atoms with Gasteiger partial charge in [-0.15, -0.1) is 11.3 Å². The van der Waals surface area contributed by atoms with Crippen molar-refractivity contribution in [2.45, 2.75) is 26.0 Å². The lowest BCUT2D eigenvalue weighted by atomic mass is 9.94. The summed E-state index contributed by atoms with van der Waals surface area (Å²) >= 11 is 1.73. The van der Waals surface area contributed by atoms with Crippen LogP contribution >= 0.6 is 11.3 Å². The first-order valence-corrected chi connectivity index (χ1v) is 7.49. The Morgan fingerprint density at radius 3 is 3.30 bits per heavy atom. The number of ether oxygens (including phenoxy) is 1. The third-order valence-corrected chi connectivity index (χ3v) is 4.51. The molecule has 3 rings (SSSR count). The first kappa shape index (κ1) is 13.3. The van der Waals surface area contributed by atoms with E-state index in [2.05, 4.69) is 21.9 Å². The van der Waals surface area contributed by atoms with Gasteiger partial charge in [0, 0.05) is 17.4 Å². The van der Waals surface area contributed by atoms with E-state index in [4.69, 9.17) is 9.26 Å². The minimum atomic E-state index is -0.230. The summed E-state index contributed by atoms with van der Waals surface area (Å²) in [6.07, 6.45) is 2.35. The number of amides is 1. The normalized spacial score (nSPS) is 19.4. The number of carbonyl (C=O) groups excluding carboxylic acids is 1. The second-order valence-electron chi connectivity index (χ2n) is 4.83. The summed E-state index contributed by atoms with van der Waals surface area (Å²) in [5.74, 6) is 0.378. The number of hydrogen-bond acceptors (Lipinski definition) is 5. The molecular weight excluding hydrogens is 276 g/mol. The van der Waals surface area contributed by atoms with Gasteiger partial charge < -0.3 is 14.6 Å². The van der Waals surface area contributed by atoms with Crippen molar-refractivity contribution in [2.75, 3.05) is 6.61 Å². The summed E-state index contributed by atoms with van der Waals surface area (Å²) in [6, 6.07) is 3.79. The minimum absolute atomic E-state index is 0.0366. The van der Waals surface area contributed by atoms with Gasteiger partial charge in [0.15, 0.2) is 5.76 Å². The Kier molecular flexibility index (Phi) is 3.84. The molecule has 6 heteroatoms. The van der Waals surface area contributed by atoms with Gasteiger partial charge in [0.05, 0.1) is 31.4 Å². The molecule has 20 heavy (non-hydrogen) atoms. The molecule has 106 valence electrons. The zero-order chi connectivity index (χ0) is 13.9. The van der Waals surface area contributed by atoms with E-state index in [9.17, 15) is 4.79 Å². The first-order valence-electron chi connectivity index (χ1n) is 6.61.